The van der Waals surface area contributed by atoms with Gasteiger partial charge in [0, 0.05) is 34.2 Å². The number of thiophene rings is 2. The molecule has 1 N–H and O–H groups in total. The van der Waals surface area contributed by atoms with Crippen LogP contribution in [-0.4, -0.2) is 20.2 Å². The minimum atomic E-state index is -1.15. The number of hydrogen-bond donors (Lipinski definition) is 1. The minimum absolute atomic E-state index is 0. The summed E-state index contributed by atoms with van der Waals surface area (Å²) in [6.07, 6.45) is 0.401. The average Bonchev–Trinajstić information content (AvgIpc) is 3.14. The molecule has 6 nitrogen and oxygen atoms in total. The second-order valence-electron chi connectivity index (χ2n) is 6.41. The van der Waals surface area contributed by atoms with Crippen molar-refractivity contribution in [1.29, 1.82) is 0 Å². The minimum Gasteiger partial charge on any atom is -1.00 e. The van der Waals surface area contributed by atoms with Gasteiger partial charge < -0.3 is 6.53 Å². The molecule has 3 aromatic rings. The van der Waals surface area contributed by atoms with Gasteiger partial charge in [-0.15, -0.1) is 22.7 Å². The van der Waals surface area contributed by atoms with Gasteiger partial charge in [0.25, 0.3) is 5.56 Å². The Bertz CT molecular complexity index is 1130. The summed E-state index contributed by atoms with van der Waals surface area (Å²) in [7, 11) is 1.39. The van der Waals surface area contributed by atoms with Gasteiger partial charge in [-0.25, -0.2) is 9.59 Å². The van der Waals surface area contributed by atoms with Crippen LogP contribution >= 0.6 is 38.6 Å². The van der Waals surface area contributed by atoms with E-state index in [1.54, 1.807) is 0 Å². The predicted octanol–water partition coefficient (Wildman–Crippen LogP) is 0.647. The summed E-state index contributed by atoms with van der Waals surface area (Å²) >= 11 is 6.20. The van der Waals surface area contributed by atoms with Crippen molar-refractivity contribution < 1.29 is 40.9 Å². The summed E-state index contributed by atoms with van der Waals surface area (Å²) in [5.74, 6) is -0.968. The quantitative estimate of drug-likeness (QED) is 0.543. The third kappa shape index (κ3) is 4.18. The Labute approximate surface area is 195 Å². The van der Waals surface area contributed by atoms with Crippen LogP contribution in [0.2, 0.25) is 0 Å². The number of hydrogen-bond acceptors (Lipinski definition) is 5. The maximum atomic E-state index is 12.7. The van der Waals surface area contributed by atoms with Gasteiger partial charge in [-0.05, 0) is 33.3 Å². The molecule has 0 aliphatic heterocycles. The molecule has 3 aromatic heterocycles. The smallest absolute Gasteiger partial charge is 1.00 e. The number of fused-ring (bicyclic) bond motifs is 1. The molecule has 3 heterocycles. The van der Waals surface area contributed by atoms with E-state index in [0.29, 0.717) is 22.7 Å². The summed E-state index contributed by atoms with van der Waals surface area (Å²) in [6.45, 7) is 4.36. The van der Waals surface area contributed by atoms with Crippen molar-refractivity contribution in [2.24, 2.45) is 13.0 Å². The molecule has 0 fully saturated rings. The van der Waals surface area contributed by atoms with E-state index >= 15 is 0 Å². The molecule has 27 heavy (non-hydrogen) atoms. The molecule has 0 unspecified atom stereocenters. The monoisotopic (exact) mass is 480 g/mol. The summed E-state index contributed by atoms with van der Waals surface area (Å²) in [5, 5.41) is 11.8. The van der Waals surface area contributed by atoms with Gasteiger partial charge in [0.05, 0.1) is 10.9 Å². The average molecular weight is 481 g/mol. The molecule has 10 heteroatoms. The molecule has 0 atom stereocenters. The molecule has 0 spiro atoms. The summed E-state index contributed by atoms with van der Waals surface area (Å²) in [6, 6.07) is 1.90. The SMILES string of the molecule is CC(C)Cn1c(=O)n(C)c(=O)c2c(C(=O)O)c(Cc3sccc3Br)sc21.[H-].[Na+]. The van der Waals surface area contributed by atoms with Gasteiger partial charge >= 0.3 is 41.2 Å². The number of carboxylic acid groups (broad SMARTS) is 1. The van der Waals surface area contributed by atoms with Crippen LogP contribution in [0, 0.1) is 5.92 Å². The Balaban J connectivity index is 0.00000196. The fourth-order valence-corrected chi connectivity index (χ4v) is 5.74. The van der Waals surface area contributed by atoms with Gasteiger partial charge in [0.2, 0.25) is 0 Å². The molecule has 0 amide bonds. The zero-order valence-electron chi connectivity index (χ0n) is 16.4. The van der Waals surface area contributed by atoms with Crippen LogP contribution in [0.5, 0.6) is 0 Å². The van der Waals surface area contributed by atoms with Gasteiger partial charge in [-0.3, -0.25) is 13.9 Å². The van der Waals surface area contributed by atoms with Crippen LogP contribution in [0.4, 0.5) is 0 Å². The topological polar surface area (TPSA) is 81.3 Å². The second-order valence-corrected chi connectivity index (χ2v) is 9.34. The Morgan fingerprint density at radius 2 is 2.00 bits per heavy atom. The van der Waals surface area contributed by atoms with Crippen LogP contribution in [0.15, 0.2) is 25.5 Å². The van der Waals surface area contributed by atoms with Crippen molar-refractivity contribution in [2.75, 3.05) is 0 Å². The fraction of sp³-hybridized carbons (Fsp3) is 0.353. The molecule has 3 rings (SSSR count). The number of rotatable bonds is 5. The first-order valence-corrected chi connectivity index (χ1v) is 10.4. The first-order valence-electron chi connectivity index (χ1n) is 7.92. The summed E-state index contributed by atoms with van der Waals surface area (Å²) in [5.41, 5.74) is -0.975. The van der Waals surface area contributed by atoms with Crippen LogP contribution in [0.1, 0.15) is 35.4 Å². The Kier molecular flexibility index (Phi) is 7.32. The van der Waals surface area contributed by atoms with Crippen molar-refractivity contribution in [3.05, 3.63) is 52.1 Å². The summed E-state index contributed by atoms with van der Waals surface area (Å²) < 4.78 is 3.42. The molecular formula is C17H18BrN2NaO4S2. The molecule has 0 aliphatic rings. The molecule has 0 aromatic carbocycles. The van der Waals surface area contributed by atoms with E-state index in [9.17, 15) is 19.5 Å². The molecule has 0 saturated heterocycles. The van der Waals surface area contributed by atoms with Crippen molar-refractivity contribution in [2.45, 2.75) is 26.8 Å². The number of aromatic carboxylic acids is 1. The molecule has 140 valence electrons. The number of aromatic nitrogens is 2. The van der Waals surface area contributed by atoms with E-state index in [4.69, 9.17) is 0 Å². The van der Waals surface area contributed by atoms with E-state index < -0.39 is 17.2 Å². The van der Waals surface area contributed by atoms with Crippen molar-refractivity contribution in [3.63, 3.8) is 0 Å². The maximum absolute atomic E-state index is 12.7. The van der Waals surface area contributed by atoms with Gasteiger partial charge in [-0.2, -0.15) is 0 Å². The van der Waals surface area contributed by atoms with E-state index in [0.717, 1.165) is 13.9 Å². The van der Waals surface area contributed by atoms with Crippen molar-refractivity contribution >= 4 is 54.8 Å². The zero-order chi connectivity index (χ0) is 19.2. The van der Waals surface area contributed by atoms with Crippen LogP contribution in [-0.2, 0) is 20.0 Å². The number of halogens is 1. The maximum Gasteiger partial charge on any atom is 1.00 e. The second kappa shape index (κ2) is 8.75. The van der Waals surface area contributed by atoms with Gasteiger partial charge in [0.15, 0.2) is 0 Å². The zero-order valence-corrected chi connectivity index (χ0v) is 20.6. The molecular weight excluding hydrogens is 463 g/mol. The van der Waals surface area contributed by atoms with Crippen LogP contribution in [0.3, 0.4) is 0 Å². The standard InChI is InChI=1S/C17H17BrN2O4S2.Na.H/c1-8(2)7-20-15-13(14(21)19(3)17(20)24)12(16(22)23)11(26-15)6-10-9(18)4-5-25-10;;/h4-5,8H,6-7H2,1-3H3,(H,22,23);;/q;+1;-1. The van der Waals surface area contributed by atoms with Crippen molar-refractivity contribution in [1.82, 2.24) is 9.13 Å². The number of carboxylic acids is 1. The third-order valence-electron chi connectivity index (χ3n) is 4.02. The Morgan fingerprint density at radius 3 is 2.52 bits per heavy atom. The van der Waals surface area contributed by atoms with E-state index in [2.05, 4.69) is 15.9 Å². The largest absolute Gasteiger partial charge is 1.00 e. The molecule has 0 radical (unpaired) electrons. The van der Waals surface area contributed by atoms with Crippen molar-refractivity contribution in [3.8, 4) is 0 Å². The van der Waals surface area contributed by atoms with E-state index in [1.165, 1.54) is 34.3 Å². The normalized spacial score (nSPS) is 11.1. The first kappa shape index (κ1) is 22.6. The molecule has 0 aliphatic carbocycles. The van der Waals surface area contributed by atoms with Gasteiger partial charge in [-0.1, -0.05) is 13.8 Å². The Morgan fingerprint density at radius 1 is 1.33 bits per heavy atom. The van der Waals surface area contributed by atoms with E-state index in [-0.39, 0.29) is 47.9 Å². The predicted molar refractivity (Wildman–Crippen MR) is 109 cm³/mol. The summed E-state index contributed by atoms with van der Waals surface area (Å²) in [4.78, 5) is 39.2. The third-order valence-corrected chi connectivity index (χ3v) is 7.16. The van der Waals surface area contributed by atoms with Crippen LogP contribution in [0.25, 0.3) is 10.2 Å². The van der Waals surface area contributed by atoms with Gasteiger partial charge in [0.1, 0.15) is 4.83 Å². The Hall–Kier alpha value is -0.710. The van der Waals surface area contributed by atoms with Crippen LogP contribution < -0.4 is 40.8 Å². The fourth-order valence-electron chi connectivity index (χ4n) is 2.85. The molecule has 0 saturated carbocycles. The first-order chi connectivity index (χ1) is 12.2. The number of nitrogens with zero attached hydrogens (tertiary/aromatic N) is 2. The number of carbonyl (C=O) groups is 1. The van der Waals surface area contributed by atoms with E-state index in [1.807, 2.05) is 25.3 Å². The molecule has 0 bridgehead atoms.